The van der Waals surface area contributed by atoms with Crippen LogP contribution in [0.2, 0.25) is 0 Å². The first-order valence-corrected chi connectivity index (χ1v) is 8.56. The van der Waals surface area contributed by atoms with Crippen LogP contribution in [0.1, 0.15) is 12.2 Å². The Hall–Kier alpha value is -1.79. The molecule has 1 aromatic rings. The van der Waals surface area contributed by atoms with E-state index in [1.807, 2.05) is 18.2 Å². The van der Waals surface area contributed by atoms with Gasteiger partial charge in [-0.25, -0.2) is 0 Å². The molecule has 0 spiro atoms. The number of guanidine groups is 1. The maximum atomic E-state index is 5.66. The van der Waals surface area contributed by atoms with Gasteiger partial charge in [-0.05, 0) is 18.6 Å². The van der Waals surface area contributed by atoms with Gasteiger partial charge in [-0.3, -0.25) is 4.99 Å². The molecular formula is C18H29N3O3. The molecule has 2 rings (SSSR count). The van der Waals surface area contributed by atoms with Crippen molar-refractivity contribution in [2.24, 2.45) is 10.9 Å². The van der Waals surface area contributed by atoms with Crippen LogP contribution in [0.5, 0.6) is 0 Å². The first-order valence-electron chi connectivity index (χ1n) is 8.56. The lowest BCUT2D eigenvalue weighted by atomic mass is 10.1. The molecule has 134 valence electrons. The molecule has 24 heavy (non-hydrogen) atoms. The summed E-state index contributed by atoms with van der Waals surface area (Å²) in [7, 11) is 1.69. The molecule has 6 nitrogen and oxygen atoms in total. The van der Waals surface area contributed by atoms with E-state index in [2.05, 4.69) is 16.8 Å². The molecule has 6 heteroatoms. The van der Waals surface area contributed by atoms with Gasteiger partial charge in [-0.1, -0.05) is 6.08 Å². The van der Waals surface area contributed by atoms with Gasteiger partial charge in [0.2, 0.25) is 0 Å². The molecule has 0 radical (unpaired) electrons. The summed E-state index contributed by atoms with van der Waals surface area (Å²) < 4.78 is 16.0. The van der Waals surface area contributed by atoms with Crippen molar-refractivity contribution in [3.63, 3.8) is 0 Å². The van der Waals surface area contributed by atoms with E-state index in [1.165, 1.54) is 0 Å². The highest BCUT2D eigenvalue weighted by molar-refractivity contribution is 5.80. The van der Waals surface area contributed by atoms with Crippen molar-refractivity contribution in [1.29, 1.82) is 0 Å². The molecule has 0 saturated carbocycles. The Kier molecular flexibility index (Phi) is 8.41. The highest BCUT2D eigenvalue weighted by Crippen LogP contribution is 2.16. The van der Waals surface area contributed by atoms with Crippen molar-refractivity contribution < 1.29 is 13.9 Å². The van der Waals surface area contributed by atoms with E-state index in [9.17, 15) is 0 Å². The first kappa shape index (κ1) is 18.5. The largest absolute Gasteiger partial charge is 0.469 e. The fraction of sp³-hybridized carbons (Fsp3) is 0.611. The van der Waals surface area contributed by atoms with Crippen LogP contribution < -0.4 is 5.32 Å². The van der Waals surface area contributed by atoms with Crippen LogP contribution in [-0.2, 0) is 15.9 Å². The summed E-state index contributed by atoms with van der Waals surface area (Å²) in [6, 6.07) is 3.89. The molecule has 1 fully saturated rings. The molecule has 1 aromatic heterocycles. The lowest BCUT2D eigenvalue weighted by Gasteiger charge is -2.21. The summed E-state index contributed by atoms with van der Waals surface area (Å²) in [6.45, 7) is 9.25. The quantitative estimate of drug-likeness (QED) is 0.306. The van der Waals surface area contributed by atoms with E-state index >= 15 is 0 Å². The number of likely N-dealkylation sites (tertiary alicyclic amines) is 1. The Labute approximate surface area is 144 Å². The number of furan rings is 1. The van der Waals surface area contributed by atoms with E-state index in [-0.39, 0.29) is 0 Å². The number of methoxy groups -OCH3 is 1. The number of rotatable bonds is 10. The summed E-state index contributed by atoms with van der Waals surface area (Å²) in [5.41, 5.74) is 0. The van der Waals surface area contributed by atoms with Gasteiger partial charge in [0, 0.05) is 45.6 Å². The van der Waals surface area contributed by atoms with E-state index in [1.54, 1.807) is 13.4 Å². The molecule has 1 aliphatic heterocycles. The maximum Gasteiger partial charge on any atom is 0.194 e. The molecular weight excluding hydrogens is 306 g/mol. The third-order valence-corrected chi connectivity index (χ3v) is 3.98. The molecule has 1 atom stereocenters. The first-order chi connectivity index (χ1) is 11.8. The minimum atomic E-state index is 0.544. The zero-order valence-corrected chi connectivity index (χ0v) is 14.6. The van der Waals surface area contributed by atoms with E-state index in [0.717, 1.165) is 44.3 Å². The molecule has 0 aliphatic carbocycles. The number of ether oxygens (including phenoxy) is 2. The van der Waals surface area contributed by atoms with Gasteiger partial charge in [0.1, 0.15) is 5.76 Å². The van der Waals surface area contributed by atoms with Crippen LogP contribution >= 0.6 is 0 Å². The molecule has 2 heterocycles. The lowest BCUT2D eigenvalue weighted by Crippen LogP contribution is -2.40. The zero-order chi connectivity index (χ0) is 17.0. The molecule has 1 unspecified atom stereocenters. The van der Waals surface area contributed by atoms with Gasteiger partial charge in [-0.15, -0.1) is 6.58 Å². The molecule has 1 N–H and O–H groups in total. The highest BCUT2D eigenvalue weighted by atomic mass is 16.5. The topological polar surface area (TPSA) is 59.2 Å². The lowest BCUT2D eigenvalue weighted by molar-refractivity contribution is 0.0536. The summed E-state index contributed by atoms with van der Waals surface area (Å²) in [4.78, 5) is 7.03. The van der Waals surface area contributed by atoms with Crippen LogP contribution in [0.4, 0.5) is 0 Å². The predicted molar refractivity (Wildman–Crippen MR) is 95.3 cm³/mol. The van der Waals surface area contributed by atoms with Gasteiger partial charge in [0.05, 0.1) is 26.1 Å². The zero-order valence-electron chi connectivity index (χ0n) is 14.6. The fourth-order valence-electron chi connectivity index (χ4n) is 2.71. The summed E-state index contributed by atoms with van der Waals surface area (Å²) >= 11 is 0. The molecule has 1 aliphatic rings. The second-order valence-corrected chi connectivity index (χ2v) is 5.87. The predicted octanol–water partition coefficient (Wildman–Crippen LogP) is 1.94. The van der Waals surface area contributed by atoms with Gasteiger partial charge >= 0.3 is 0 Å². The third kappa shape index (κ3) is 6.37. The van der Waals surface area contributed by atoms with Crippen LogP contribution in [0.15, 0.2) is 40.5 Å². The molecule has 0 bridgehead atoms. The van der Waals surface area contributed by atoms with Crippen molar-refractivity contribution in [2.45, 2.75) is 12.8 Å². The SMILES string of the molecule is C=CCNC(=NCCc1ccco1)N1CCC(COCCOC)C1. The summed E-state index contributed by atoms with van der Waals surface area (Å²) in [5.74, 6) is 2.45. The molecule has 0 aromatic carbocycles. The van der Waals surface area contributed by atoms with Crippen LogP contribution in [0.25, 0.3) is 0 Å². The third-order valence-electron chi connectivity index (χ3n) is 3.98. The van der Waals surface area contributed by atoms with Crippen LogP contribution in [0, 0.1) is 5.92 Å². The Balaban J connectivity index is 1.79. The van der Waals surface area contributed by atoms with Gasteiger partial charge in [-0.2, -0.15) is 0 Å². The average Bonchev–Trinajstić information content (AvgIpc) is 3.26. The normalized spacial score (nSPS) is 18.1. The molecule has 0 amide bonds. The van der Waals surface area contributed by atoms with E-state index in [4.69, 9.17) is 18.9 Å². The second kappa shape index (κ2) is 10.9. The van der Waals surface area contributed by atoms with Crippen molar-refractivity contribution in [2.75, 3.05) is 53.1 Å². The standard InChI is InChI=1S/C18H29N3O3/c1-3-8-19-18(20-9-6-17-5-4-11-24-17)21-10-7-16(14-21)15-23-13-12-22-2/h3-5,11,16H,1,6-10,12-15H2,2H3,(H,19,20). The minimum absolute atomic E-state index is 0.544. The Morgan fingerprint density at radius 1 is 1.54 bits per heavy atom. The monoisotopic (exact) mass is 335 g/mol. The van der Waals surface area contributed by atoms with E-state index in [0.29, 0.717) is 32.2 Å². The Morgan fingerprint density at radius 2 is 2.46 bits per heavy atom. The number of hydrogen-bond donors (Lipinski definition) is 1. The highest BCUT2D eigenvalue weighted by Gasteiger charge is 2.24. The average molecular weight is 335 g/mol. The summed E-state index contributed by atoms with van der Waals surface area (Å²) in [6.07, 6.45) is 5.48. The smallest absolute Gasteiger partial charge is 0.194 e. The summed E-state index contributed by atoms with van der Waals surface area (Å²) in [5, 5.41) is 3.35. The fourth-order valence-corrected chi connectivity index (χ4v) is 2.71. The van der Waals surface area contributed by atoms with Crippen molar-refractivity contribution in [3.8, 4) is 0 Å². The maximum absolute atomic E-state index is 5.66. The Bertz CT molecular complexity index is 488. The van der Waals surface area contributed by atoms with Crippen molar-refractivity contribution >= 4 is 5.96 Å². The van der Waals surface area contributed by atoms with Crippen LogP contribution in [0.3, 0.4) is 0 Å². The number of nitrogens with one attached hydrogen (secondary N) is 1. The van der Waals surface area contributed by atoms with Gasteiger partial charge < -0.3 is 24.1 Å². The second-order valence-electron chi connectivity index (χ2n) is 5.87. The van der Waals surface area contributed by atoms with Crippen molar-refractivity contribution in [1.82, 2.24) is 10.2 Å². The van der Waals surface area contributed by atoms with Crippen molar-refractivity contribution in [3.05, 3.63) is 36.8 Å². The minimum Gasteiger partial charge on any atom is -0.469 e. The number of nitrogens with zero attached hydrogens (tertiary/aromatic N) is 2. The molecule has 1 saturated heterocycles. The van der Waals surface area contributed by atoms with Gasteiger partial charge in [0.25, 0.3) is 0 Å². The number of aliphatic imine (C=N–C) groups is 1. The van der Waals surface area contributed by atoms with Crippen LogP contribution in [-0.4, -0.2) is 64.0 Å². The Morgan fingerprint density at radius 3 is 3.21 bits per heavy atom. The van der Waals surface area contributed by atoms with E-state index < -0.39 is 0 Å². The number of hydrogen-bond acceptors (Lipinski definition) is 4. The van der Waals surface area contributed by atoms with Gasteiger partial charge in [0.15, 0.2) is 5.96 Å².